The minimum atomic E-state index is -1.47. The van der Waals surface area contributed by atoms with Gasteiger partial charge in [-0.3, -0.25) is 10.1 Å². The van der Waals surface area contributed by atoms with Crippen molar-refractivity contribution >= 4 is 27.5 Å². The highest BCUT2D eigenvalue weighted by Gasteiger charge is 2.23. The van der Waals surface area contributed by atoms with Crippen molar-refractivity contribution in [1.29, 1.82) is 0 Å². The van der Waals surface area contributed by atoms with Crippen LogP contribution in [0.25, 0.3) is 0 Å². The van der Waals surface area contributed by atoms with Crippen molar-refractivity contribution in [2.24, 2.45) is 0 Å². The van der Waals surface area contributed by atoms with Gasteiger partial charge < -0.3 is 5.11 Å². The molecule has 0 bridgehead atoms. The Hall–Kier alpha value is 0.130. The number of aliphatic hydroxyl groups excluding tert-OH is 1. The molecule has 0 aromatic heterocycles. The average Bonchev–Trinajstić information content (AvgIpc) is 1.64. The van der Waals surface area contributed by atoms with Gasteiger partial charge in [0, 0.05) is 20.9 Å². The molecule has 0 radical (unpaired) electrons. The summed E-state index contributed by atoms with van der Waals surface area (Å²) in [6, 6.07) is 0. The molecule has 0 aliphatic heterocycles. The fraction of sp³-hybridized carbons (Fsp3) is 1.00. The van der Waals surface area contributed by atoms with Crippen LogP contribution in [-0.2, 0) is 0 Å². The molecule has 2 atom stereocenters. The number of hydrogen-bond donors (Lipinski definition) is 1. The smallest absolute Gasteiger partial charge is 0.304 e. The molecule has 48 valence electrons. The summed E-state index contributed by atoms with van der Waals surface area (Å²) in [7, 11) is 0. The Morgan fingerprint density at radius 3 is 2.25 bits per heavy atom. The van der Waals surface area contributed by atoms with Crippen LogP contribution in [0.5, 0.6) is 0 Å². The maximum atomic E-state index is 9.65. The maximum absolute atomic E-state index is 9.65. The Bertz CT molecular complexity index is 97.3. The number of halogens is 2. The van der Waals surface area contributed by atoms with Gasteiger partial charge in [0.25, 0.3) is 0 Å². The molecule has 0 spiro atoms. The highest BCUT2D eigenvalue weighted by Crippen LogP contribution is 2.08. The van der Waals surface area contributed by atoms with Crippen LogP contribution in [0.1, 0.15) is 0 Å². The van der Waals surface area contributed by atoms with Crippen molar-refractivity contribution in [2.75, 3.05) is 0 Å². The first kappa shape index (κ1) is 8.13. The van der Waals surface area contributed by atoms with E-state index >= 15 is 0 Å². The van der Waals surface area contributed by atoms with Crippen LogP contribution in [0.4, 0.5) is 0 Å². The van der Waals surface area contributed by atoms with Crippen LogP contribution in [0, 0.1) is 10.1 Å². The van der Waals surface area contributed by atoms with Crippen LogP contribution in [0.2, 0.25) is 0 Å². The Labute approximate surface area is 58.7 Å². The first-order valence-corrected chi connectivity index (χ1v) is 3.00. The molecule has 0 rings (SSSR count). The van der Waals surface area contributed by atoms with Gasteiger partial charge in [0.2, 0.25) is 5.56 Å². The highest BCUT2D eigenvalue weighted by atomic mass is 79.9. The predicted molar refractivity (Wildman–Crippen MR) is 31.6 cm³/mol. The summed E-state index contributed by atoms with van der Waals surface area (Å²) >= 11 is 7.42. The van der Waals surface area contributed by atoms with E-state index in [1.165, 1.54) is 0 Å². The van der Waals surface area contributed by atoms with Crippen molar-refractivity contribution in [3.05, 3.63) is 10.1 Å². The summed E-state index contributed by atoms with van der Waals surface area (Å²) in [5.74, 6) is 0. The lowest BCUT2D eigenvalue weighted by molar-refractivity contribution is -0.499. The van der Waals surface area contributed by atoms with E-state index in [1.54, 1.807) is 0 Å². The quantitative estimate of drug-likeness (QED) is 0.309. The summed E-state index contributed by atoms with van der Waals surface area (Å²) in [4.78, 5) is 7.66. The molecule has 0 aliphatic rings. The third-order valence-corrected chi connectivity index (χ3v) is 1.81. The molecule has 0 saturated carbocycles. The van der Waals surface area contributed by atoms with Gasteiger partial charge in [0.05, 0.1) is 0 Å². The Balaban J connectivity index is 3.64. The number of nitrogens with zero attached hydrogens (tertiary/aromatic N) is 1. The van der Waals surface area contributed by atoms with Gasteiger partial charge in [-0.15, -0.1) is 0 Å². The third kappa shape index (κ3) is 2.44. The molecular formula is C2H3BrClNO3. The SMILES string of the molecule is O=[N+]([O-])C(Br)C(O)Cl. The second-order valence-electron chi connectivity index (χ2n) is 1.03. The first-order chi connectivity index (χ1) is 3.55. The number of nitro groups is 1. The van der Waals surface area contributed by atoms with Crippen molar-refractivity contribution in [3.8, 4) is 0 Å². The highest BCUT2D eigenvalue weighted by molar-refractivity contribution is 9.09. The summed E-state index contributed by atoms with van der Waals surface area (Å²) in [5.41, 5.74) is -1.47. The molecule has 8 heavy (non-hydrogen) atoms. The molecule has 4 nitrogen and oxygen atoms in total. The van der Waals surface area contributed by atoms with E-state index in [1.807, 2.05) is 0 Å². The van der Waals surface area contributed by atoms with Gasteiger partial charge in [0.1, 0.15) is 0 Å². The minimum Gasteiger partial charge on any atom is -0.371 e. The maximum Gasteiger partial charge on any atom is 0.304 e. The molecular weight excluding hydrogens is 201 g/mol. The van der Waals surface area contributed by atoms with Gasteiger partial charge in [-0.25, -0.2) is 0 Å². The molecule has 0 amide bonds. The molecule has 0 fully saturated rings. The van der Waals surface area contributed by atoms with Crippen molar-refractivity contribution < 1.29 is 10.0 Å². The van der Waals surface area contributed by atoms with Crippen molar-refractivity contribution in [3.63, 3.8) is 0 Å². The van der Waals surface area contributed by atoms with Crippen LogP contribution >= 0.6 is 27.5 Å². The van der Waals surface area contributed by atoms with Crippen LogP contribution in [0.3, 0.4) is 0 Å². The van der Waals surface area contributed by atoms with Crippen LogP contribution < -0.4 is 0 Å². The predicted octanol–water partition coefficient (Wildman–Crippen LogP) is 0.541. The van der Waals surface area contributed by atoms with Crippen LogP contribution in [-0.4, -0.2) is 20.5 Å². The average molecular weight is 204 g/mol. The monoisotopic (exact) mass is 203 g/mol. The topological polar surface area (TPSA) is 63.4 Å². The van der Waals surface area contributed by atoms with E-state index in [2.05, 4.69) is 15.9 Å². The number of aliphatic hydroxyl groups is 1. The second-order valence-corrected chi connectivity index (χ2v) is 2.42. The van der Waals surface area contributed by atoms with E-state index < -0.39 is 15.4 Å². The zero-order valence-electron chi connectivity index (χ0n) is 3.62. The molecule has 6 heteroatoms. The zero-order valence-corrected chi connectivity index (χ0v) is 5.96. The van der Waals surface area contributed by atoms with E-state index in [9.17, 15) is 10.1 Å². The first-order valence-electron chi connectivity index (χ1n) is 1.65. The minimum absolute atomic E-state index is 0.725. The Morgan fingerprint density at radius 2 is 2.25 bits per heavy atom. The lowest BCUT2D eigenvalue weighted by Gasteiger charge is -1.99. The lowest BCUT2D eigenvalue weighted by Crippen LogP contribution is -2.22. The van der Waals surface area contributed by atoms with E-state index in [0.29, 0.717) is 0 Å². The summed E-state index contributed by atoms with van der Waals surface area (Å²) in [6.07, 6.45) is 0. The van der Waals surface area contributed by atoms with E-state index in [-0.39, 0.29) is 0 Å². The van der Waals surface area contributed by atoms with Crippen molar-refractivity contribution in [1.82, 2.24) is 0 Å². The fourth-order valence-electron chi connectivity index (χ4n) is 0.100. The second kappa shape index (κ2) is 3.21. The summed E-state index contributed by atoms with van der Waals surface area (Å²) < 4.78 is 0. The molecule has 2 unspecified atom stereocenters. The number of alkyl halides is 2. The summed E-state index contributed by atoms with van der Waals surface area (Å²) in [6.45, 7) is 0. The zero-order chi connectivity index (χ0) is 6.73. The van der Waals surface area contributed by atoms with Gasteiger partial charge in [-0.05, 0) is 0 Å². The Kier molecular flexibility index (Phi) is 3.27. The third-order valence-electron chi connectivity index (χ3n) is 0.428. The Morgan fingerprint density at radius 1 is 1.88 bits per heavy atom. The van der Waals surface area contributed by atoms with Gasteiger partial charge in [-0.2, -0.15) is 0 Å². The van der Waals surface area contributed by atoms with Gasteiger partial charge >= 0.3 is 4.95 Å². The standard InChI is InChI=1S/C2H3BrClNO3/c3-1(2(4)6)5(7)8/h1-2,6H. The van der Waals surface area contributed by atoms with Gasteiger partial charge in [0.15, 0.2) is 0 Å². The molecule has 0 aromatic carbocycles. The van der Waals surface area contributed by atoms with Gasteiger partial charge in [-0.1, -0.05) is 11.6 Å². The molecule has 0 saturated heterocycles. The molecule has 1 N–H and O–H groups in total. The number of hydrogen-bond acceptors (Lipinski definition) is 3. The van der Waals surface area contributed by atoms with Crippen LogP contribution in [0.15, 0.2) is 0 Å². The van der Waals surface area contributed by atoms with E-state index in [0.717, 1.165) is 0 Å². The molecule has 0 heterocycles. The lowest BCUT2D eigenvalue weighted by atomic mass is 10.7. The van der Waals surface area contributed by atoms with E-state index in [4.69, 9.17) is 16.7 Å². The molecule has 0 aromatic rings. The summed E-state index contributed by atoms with van der Waals surface area (Å²) in [5, 5.41) is 17.9. The molecule has 0 aliphatic carbocycles. The largest absolute Gasteiger partial charge is 0.371 e. The number of rotatable bonds is 2. The van der Waals surface area contributed by atoms with Crippen molar-refractivity contribution in [2.45, 2.75) is 10.5 Å². The normalized spacial score (nSPS) is 17.4. The fourth-order valence-corrected chi connectivity index (χ4v) is 0.192.